The Bertz CT molecular complexity index is 1660. The highest BCUT2D eigenvalue weighted by molar-refractivity contribution is 6.21. The van der Waals surface area contributed by atoms with E-state index in [0.717, 1.165) is 0 Å². The van der Waals surface area contributed by atoms with E-state index in [4.69, 9.17) is 0 Å². The van der Waals surface area contributed by atoms with E-state index in [2.05, 4.69) is 115 Å². The summed E-state index contributed by atoms with van der Waals surface area (Å²) in [6, 6.07) is 43.0. The highest BCUT2D eigenvalue weighted by atomic mass is 14.2. The van der Waals surface area contributed by atoms with Crippen LogP contribution in [0, 0.1) is 0 Å². The molecule has 0 spiro atoms. The molecule has 0 aliphatic heterocycles. The number of fused-ring (bicyclic) bond motifs is 3. The van der Waals surface area contributed by atoms with Crippen molar-refractivity contribution in [3.63, 3.8) is 0 Å². The first-order valence-corrected chi connectivity index (χ1v) is 13.4. The molecule has 6 aromatic rings. The van der Waals surface area contributed by atoms with Crippen molar-refractivity contribution in [3.8, 4) is 22.3 Å². The first-order valence-electron chi connectivity index (χ1n) is 13.4. The Kier molecular flexibility index (Phi) is 5.32. The van der Waals surface area contributed by atoms with E-state index < -0.39 is 0 Å². The maximum Gasteiger partial charge on any atom is -0.00262 e. The van der Waals surface area contributed by atoms with E-state index in [1.807, 2.05) is 0 Å². The minimum atomic E-state index is 0.702. The molecule has 0 N–H and O–H groups in total. The minimum absolute atomic E-state index is 0.702. The highest BCUT2D eigenvalue weighted by Gasteiger charge is 2.19. The zero-order valence-electron chi connectivity index (χ0n) is 20.6. The van der Waals surface area contributed by atoms with Crippen LogP contribution in [-0.2, 0) is 0 Å². The van der Waals surface area contributed by atoms with Gasteiger partial charge in [-0.05, 0) is 85.0 Å². The molecular formula is C36H30. The first kappa shape index (κ1) is 21.4. The van der Waals surface area contributed by atoms with Crippen LogP contribution in [0.25, 0.3) is 54.6 Å². The SMILES string of the molecule is c1cc(-c2c3ccccc3c(-c3ccc4ccccc4c3)c3ccccc23)cc(C2CCCCC2)c1. The normalized spacial score (nSPS) is 14.6. The molecule has 1 aliphatic rings. The van der Waals surface area contributed by atoms with Crippen LogP contribution >= 0.6 is 0 Å². The summed E-state index contributed by atoms with van der Waals surface area (Å²) in [6.07, 6.45) is 6.77. The van der Waals surface area contributed by atoms with Crippen LogP contribution in [0.3, 0.4) is 0 Å². The topological polar surface area (TPSA) is 0 Å². The van der Waals surface area contributed by atoms with Crippen LogP contribution in [0.4, 0.5) is 0 Å². The molecule has 0 atom stereocenters. The average molecular weight is 463 g/mol. The highest BCUT2D eigenvalue weighted by Crippen LogP contribution is 2.44. The lowest BCUT2D eigenvalue weighted by Crippen LogP contribution is -2.04. The van der Waals surface area contributed by atoms with Gasteiger partial charge in [-0.1, -0.05) is 128 Å². The molecule has 0 nitrogen and oxygen atoms in total. The summed E-state index contributed by atoms with van der Waals surface area (Å²) in [5.74, 6) is 0.702. The molecule has 0 amide bonds. The number of hydrogen-bond donors (Lipinski definition) is 0. The lowest BCUT2D eigenvalue weighted by atomic mass is 9.81. The molecule has 0 bridgehead atoms. The van der Waals surface area contributed by atoms with Crippen molar-refractivity contribution in [2.24, 2.45) is 0 Å². The summed E-state index contributed by atoms with van der Waals surface area (Å²) >= 11 is 0. The molecule has 0 heterocycles. The van der Waals surface area contributed by atoms with Gasteiger partial charge in [0.05, 0.1) is 0 Å². The van der Waals surface area contributed by atoms with Gasteiger partial charge in [0.2, 0.25) is 0 Å². The van der Waals surface area contributed by atoms with Crippen molar-refractivity contribution in [3.05, 3.63) is 121 Å². The van der Waals surface area contributed by atoms with E-state index >= 15 is 0 Å². The molecule has 0 aromatic heterocycles. The second kappa shape index (κ2) is 8.95. The molecular weight excluding hydrogens is 432 g/mol. The Morgan fingerprint density at radius 1 is 0.417 bits per heavy atom. The molecule has 0 saturated heterocycles. The summed E-state index contributed by atoms with van der Waals surface area (Å²) in [7, 11) is 0. The van der Waals surface area contributed by atoms with Crippen LogP contribution < -0.4 is 0 Å². The molecule has 0 unspecified atom stereocenters. The number of hydrogen-bond acceptors (Lipinski definition) is 0. The quantitative estimate of drug-likeness (QED) is 0.229. The van der Waals surface area contributed by atoms with E-state index in [1.54, 1.807) is 0 Å². The fraction of sp³-hybridized carbons (Fsp3) is 0.167. The standard InChI is InChI=1S/C36H30/c1-2-11-25(12-3-1)28-15-10-16-29(23-28)35-31-17-6-8-19-33(31)36(34-20-9-7-18-32(34)35)30-22-21-26-13-4-5-14-27(26)24-30/h4-10,13-25H,1-3,11-12H2. The molecule has 1 saturated carbocycles. The maximum atomic E-state index is 2.49. The largest absolute Gasteiger partial charge is 0.0616 e. The molecule has 0 radical (unpaired) electrons. The molecule has 0 heteroatoms. The Morgan fingerprint density at radius 3 is 1.61 bits per heavy atom. The van der Waals surface area contributed by atoms with Crippen LogP contribution in [0.15, 0.2) is 115 Å². The Labute approximate surface area is 213 Å². The third kappa shape index (κ3) is 3.60. The number of rotatable bonds is 3. The third-order valence-corrected chi connectivity index (χ3v) is 8.22. The van der Waals surface area contributed by atoms with Crippen LogP contribution in [0.1, 0.15) is 43.6 Å². The fourth-order valence-electron chi connectivity index (χ4n) is 6.48. The molecule has 1 fully saturated rings. The second-order valence-corrected chi connectivity index (χ2v) is 10.4. The zero-order chi connectivity index (χ0) is 23.9. The maximum absolute atomic E-state index is 2.49. The predicted octanol–water partition coefficient (Wildman–Crippen LogP) is 10.5. The van der Waals surface area contributed by atoms with Gasteiger partial charge >= 0.3 is 0 Å². The first-order chi connectivity index (χ1) is 17.9. The van der Waals surface area contributed by atoms with Gasteiger partial charge in [-0.3, -0.25) is 0 Å². The van der Waals surface area contributed by atoms with Crippen molar-refractivity contribution in [1.29, 1.82) is 0 Å². The van der Waals surface area contributed by atoms with Gasteiger partial charge in [0, 0.05) is 0 Å². The van der Waals surface area contributed by atoms with Gasteiger partial charge in [-0.25, -0.2) is 0 Å². The second-order valence-electron chi connectivity index (χ2n) is 10.4. The predicted molar refractivity (Wildman–Crippen MR) is 156 cm³/mol. The summed E-state index contributed by atoms with van der Waals surface area (Å²) in [5, 5.41) is 7.88. The molecule has 36 heavy (non-hydrogen) atoms. The average Bonchev–Trinajstić information content (AvgIpc) is 2.96. The summed E-state index contributed by atoms with van der Waals surface area (Å²) in [5.41, 5.74) is 6.83. The van der Waals surface area contributed by atoms with Gasteiger partial charge in [0.15, 0.2) is 0 Å². The zero-order valence-corrected chi connectivity index (χ0v) is 20.6. The van der Waals surface area contributed by atoms with Gasteiger partial charge in [0.1, 0.15) is 0 Å². The molecule has 1 aliphatic carbocycles. The molecule has 7 rings (SSSR count). The van der Waals surface area contributed by atoms with Crippen molar-refractivity contribution >= 4 is 32.3 Å². The summed E-state index contributed by atoms with van der Waals surface area (Å²) < 4.78 is 0. The lowest BCUT2D eigenvalue weighted by molar-refractivity contribution is 0.444. The van der Waals surface area contributed by atoms with E-state index in [-0.39, 0.29) is 0 Å². The Morgan fingerprint density at radius 2 is 0.972 bits per heavy atom. The van der Waals surface area contributed by atoms with Crippen molar-refractivity contribution in [1.82, 2.24) is 0 Å². The van der Waals surface area contributed by atoms with Crippen LogP contribution in [0.5, 0.6) is 0 Å². The van der Waals surface area contributed by atoms with Crippen molar-refractivity contribution in [2.45, 2.75) is 38.0 Å². The summed E-state index contributed by atoms with van der Waals surface area (Å²) in [6.45, 7) is 0. The fourth-order valence-corrected chi connectivity index (χ4v) is 6.48. The monoisotopic (exact) mass is 462 g/mol. The third-order valence-electron chi connectivity index (χ3n) is 8.22. The Balaban J connectivity index is 1.51. The number of benzene rings is 6. The van der Waals surface area contributed by atoms with Gasteiger partial charge in [0.25, 0.3) is 0 Å². The van der Waals surface area contributed by atoms with E-state index in [9.17, 15) is 0 Å². The van der Waals surface area contributed by atoms with Gasteiger partial charge < -0.3 is 0 Å². The lowest BCUT2D eigenvalue weighted by Gasteiger charge is -2.23. The van der Waals surface area contributed by atoms with Gasteiger partial charge in [-0.2, -0.15) is 0 Å². The minimum Gasteiger partial charge on any atom is -0.0616 e. The smallest absolute Gasteiger partial charge is 0.00262 e. The van der Waals surface area contributed by atoms with Crippen molar-refractivity contribution < 1.29 is 0 Å². The van der Waals surface area contributed by atoms with E-state index in [0.29, 0.717) is 5.92 Å². The van der Waals surface area contributed by atoms with Gasteiger partial charge in [-0.15, -0.1) is 0 Å². The Hall–Kier alpha value is -3.90. The molecule has 6 aromatic carbocycles. The van der Waals surface area contributed by atoms with Crippen LogP contribution in [0.2, 0.25) is 0 Å². The summed E-state index contributed by atoms with van der Waals surface area (Å²) in [4.78, 5) is 0. The van der Waals surface area contributed by atoms with Crippen molar-refractivity contribution in [2.75, 3.05) is 0 Å². The van der Waals surface area contributed by atoms with Crippen LogP contribution in [-0.4, -0.2) is 0 Å². The molecule has 174 valence electrons. The van der Waals surface area contributed by atoms with E-state index in [1.165, 1.54) is 92.2 Å².